The molecule has 0 aromatic rings. The molecular formula is C4H7BF3KO3. The maximum Gasteiger partial charge on any atom is 0.631 e. The van der Waals surface area contributed by atoms with Crippen LogP contribution in [0.1, 0.15) is 6.92 Å². The Morgan fingerprint density at radius 2 is 1.42 bits per heavy atom. The van der Waals surface area contributed by atoms with Crippen molar-refractivity contribution in [2.75, 3.05) is 0 Å². The molecule has 0 aromatic carbocycles. The zero-order chi connectivity index (χ0) is 10.2. The molecule has 3 N–H and O–H groups in total. The Labute approximate surface area is 102 Å². The van der Waals surface area contributed by atoms with Gasteiger partial charge in [0.05, 0.1) is 0 Å². The maximum atomic E-state index is 12.3. The predicted octanol–water partition coefficient (Wildman–Crippen LogP) is -1.15. The number of hydrogen-bond donors (Lipinski definition) is 3. The van der Waals surface area contributed by atoms with Crippen molar-refractivity contribution in [3.05, 3.63) is 0 Å². The molecule has 12 heavy (non-hydrogen) atoms. The monoisotopic (exact) mass is 210 g/mol. The average Bonchev–Trinajstić information content (AvgIpc) is 2.12. The topological polar surface area (TPSA) is 60.7 Å². The third-order valence-corrected chi connectivity index (χ3v) is 4.14. The second-order valence-corrected chi connectivity index (χ2v) is 5.13. The van der Waals surface area contributed by atoms with Gasteiger partial charge in [0.1, 0.15) is 0 Å². The van der Waals surface area contributed by atoms with Crippen LogP contribution in [0.25, 0.3) is 0 Å². The van der Waals surface area contributed by atoms with E-state index >= 15 is 0 Å². The molecule has 3 unspecified atom stereocenters. The first-order valence-electron chi connectivity index (χ1n) is 3.20. The number of rotatable bonds is 0. The van der Waals surface area contributed by atoms with Crippen LogP contribution in [0.2, 0.25) is 0 Å². The van der Waals surface area contributed by atoms with Crippen LogP contribution in [0.5, 0.6) is 0 Å². The fourth-order valence-electron chi connectivity index (χ4n) is 0.655. The summed E-state index contributed by atoms with van der Waals surface area (Å²) in [5.41, 5.74) is -2.15. The fraction of sp³-hybridized carbons (Fsp3) is 1.00. The van der Waals surface area contributed by atoms with E-state index in [1.807, 2.05) is 0 Å². The Hall–Kier alpha value is 1.37. The van der Waals surface area contributed by atoms with Gasteiger partial charge in [-0.2, -0.15) is 0 Å². The number of alkyl halides is 3. The van der Waals surface area contributed by atoms with E-state index in [1.165, 1.54) is 0 Å². The van der Waals surface area contributed by atoms with Gasteiger partial charge in [-0.15, -0.1) is 0 Å². The Bertz CT molecular complexity index is 149. The molecule has 66 valence electrons. The van der Waals surface area contributed by atoms with Crippen LogP contribution >= 0.6 is 0 Å². The molecule has 0 heterocycles. The van der Waals surface area contributed by atoms with Crippen LogP contribution in [0.15, 0.2) is 0 Å². The van der Waals surface area contributed by atoms with Crippen LogP contribution in [-0.2, 0) is 0 Å². The maximum absolute atomic E-state index is 12.3. The first-order valence-corrected chi connectivity index (χ1v) is 4.76. The van der Waals surface area contributed by atoms with Gasteiger partial charge in [-0.25, -0.2) is 0 Å². The van der Waals surface area contributed by atoms with Crippen molar-refractivity contribution in [3.8, 4) is 0 Å². The Kier molecular flexibility index (Phi) is 4.75. The van der Waals surface area contributed by atoms with Crippen LogP contribution in [0, 0.1) is 0 Å². The molecular weight excluding hydrogens is 203 g/mol. The van der Waals surface area contributed by atoms with Crippen molar-refractivity contribution in [1.82, 2.24) is 0 Å². The minimum Gasteiger partial charge on any atom is -0.402 e. The first kappa shape index (κ1) is 13.4. The van der Waals surface area contributed by atoms with Crippen molar-refractivity contribution in [3.63, 3.8) is 0 Å². The van der Waals surface area contributed by atoms with Gasteiger partial charge in [-0.3, -0.25) is 0 Å². The molecule has 1 aliphatic rings. The smallest absolute Gasteiger partial charge is 0.402 e. The molecule has 0 spiro atoms. The van der Waals surface area contributed by atoms with Crippen molar-refractivity contribution in [2.24, 2.45) is 0 Å². The van der Waals surface area contributed by atoms with Crippen LogP contribution < -0.4 is 0 Å². The Morgan fingerprint density at radius 3 is 1.42 bits per heavy atom. The molecule has 1 rings (SSSR count). The summed E-state index contributed by atoms with van der Waals surface area (Å²) < 4.78 is 34.5. The summed E-state index contributed by atoms with van der Waals surface area (Å²) in [4.78, 5) is 0. The second kappa shape index (κ2) is 4.26. The third-order valence-electron chi connectivity index (χ3n) is 1.82. The van der Waals surface area contributed by atoms with E-state index in [1.54, 1.807) is 0 Å². The van der Waals surface area contributed by atoms with Crippen molar-refractivity contribution >= 4 is 56.3 Å². The molecule has 0 saturated heterocycles. The molecule has 1 fully saturated rings. The van der Waals surface area contributed by atoms with Gasteiger partial charge < -0.3 is 15.1 Å². The molecule has 0 amide bonds. The van der Waals surface area contributed by atoms with Gasteiger partial charge in [0, 0.05) is 0 Å². The van der Waals surface area contributed by atoms with Crippen molar-refractivity contribution in [1.29, 1.82) is 0 Å². The third kappa shape index (κ3) is 2.95. The normalized spacial score (nSPS) is 44.6. The van der Waals surface area contributed by atoms with Crippen LogP contribution in [0.3, 0.4) is 0 Å². The molecule has 3 nitrogen and oxygen atoms in total. The standard InChI is InChI=1S/C4H4F3.BH3O3.K/c1-4(7)2(5)3(4)6;2-1(3)4;/h2H,1H3;2-4H;. The number of halogens is 3. The van der Waals surface area contributed by atoms with Gasteiger partial charge in [0.15, 0.2) is 0 Å². The molecule has 0 aromatic heterocycles. The van der Waals surface area contributed by atoms with Gasteiger partial charge >= 0.3 is 88.0 Å². The average molecular weight is 210 g/mol. The summed E-state index contributed by atoms with van der Waals surface area (Å²) in [6.45, 7) is 0.975. The minimum atomic E-state index is -2.17. The van der Waals surface area contributed by atoms with Gasteiger partial charge in [0.25, 0.3) is 0 Å². The summed E-state index contributed by atoms with van der Waals surface area (Å²) in [7, 11) is -2.17. The zero-order valence-electron chi connectivity index (χ0n) is 6.63. The quantitative estimate of drug-likeness (QED) is 0.442. The fourth-order valence-corrected chi connectivity index (χ4v) is 1.67. The summed E-state index contributed by atoms with van der Waals surface area (Å²) >= 11 is -0.400. The van der Waals surface area contributed by atoms with E-state index in [4.69, 9.17) is 15.1 Å². The predicted molar refractivity (Wildman–Crippen MR) is 36.4 cm³/mol. The molecule has 0 bridgehead atoms. The van der Waals surface area contributed by atoms with E-state index in [0.717, 1.165) is 6.92 Å². The van der Waals surface area contributed by atoms with Crippen LogP contribution in [-0.4, -0.2) is 83.0 Å². The van der Waals surface area contributed by atoms with Gasteiger partial charge in [0.2, 0.25) is 0 Å². The second-order valence-electron chi connectivity index (χ2n) is 2.86. The summed E-state index contributed by atoms with van der Waals surface area (Å²) in [5.74, 6) is 0. The van der Waals surface area contributed by atoms with E-state index in [0.29, 0.717) is 0 Å². The Balaban J connectivity index is 0.000000261. The van der Waals surface area contributed by atoms with E-state index in [2.05, 4.69) is 0 Å². The minimum absolute atomic E-state index is 0.400. The summed E-state index contributed by atoms with van der Waals surface area (Å²) in [6, 6.07) is 0. The zero-order valence-corrected chi connectivity index (χ0v) is 9.75. The van der Waals surface area contributed by atoms with Gasteiger partial charge in [-0.05, 0) is 0 Å². The summed E-state index contributed by atoms with van der Waals surface area (Å²) in [5, 5.41) is 21.5. The summed E-state index contributed by atoms with van der Waals surface area (Å²) in [6.07, 6.45) is -1.84. The van der Waals surface area contributed by atoms with Crippen LogP contribution in [0.4, 0.5) is 13.2 Å². The van der Waals surface area contributed by atoms with Gasteiger partial charge in [-0.1, -0.05) is 0 Å². The molecule has 1 saturated carbocycles. The van der Waals surface area contributed by atoms with Crippen molar-refractivity contribution in [2.45, 2.75) is 18.5 Å². The molecule has 0 aliphatic heterocycles. The Morgan fingerprint density at radius 1 is 1.33 bits per heavy atom. The van der Waals surface area contributed by atoms with Crippen molar-refractivity contribution < 1.29 is 28.2 Å². The van der Waals surface area contributed by atoms with E-state index < -0.39 is 67.9 Å². The first-order chi connectivity index (χ1) is 5.14. The SMILES string of the molecule is CC1(F)C(F)[C]1(F)[K].OB(O)O. The molecule has 0 radical (unpaired) electrons. The number of hydrogen-bond acceptors (Lipinski definition) is 3. The molecule has 8 heteroatoms. The molecule has 1 aliphatic carbocycles. The van der Waals surface area contributed by atoms with E-state index in [9.17, 15) is 13.2 Å². The van der Waals surface area contributed by atoms with E-state index in [-0.39, 0.29) is 0 Å². The largest absolute Gasteiger partial charge is 0.631 e. The molecule has 3 atom stereocenters.